The van der Waals surface area contributed by atoms with Gasteiger partial charge in [-0.15, -0.1) is 0 Å². The Morgan fingerprint density at radius 1 is 1.21 bits per heavy atom. The Kier molecular flexibility index (Phi) is 4.64. The first-order chi connectivity index (χ1) is 8.94. The van der Waals surface area contributed by atoms with Gasteiger partial charge in [0.1, 0.15) is 0 Å². The summed E-state index contributed by atoms with van der Waals surface area (Å²) < 4.78 is 0. The van der Waals surface area contributed by atoms with Crippen molar-refractivity contribution in [2.75, 3.05) is 6.54 Å². The minimum Gasteiger partial charge on any atom is -0.390 e. The molecular formula is C17H27NO. The van der Waals surface area contributed by atoms with Crippen LogP contribution in [-0.4, -0.2) is 23.3 Å². The molecule has 0 amide bonds. The number of aliphatic hydroxyl groups is 1. The third-order valence-corrected chi connectivity index (χ3v) is 3.96. The van der Waals surface area contributed by atoms with Crippen LogP contribution in [0.3, 0.4) is 0 Å². The predicted octanol–water partition coefficient (Wildman–Crippen LogP) is 3.13. The number of benzene rings is 1. The second kappa shape index (κ2) is 6.06. The van der Waals surface area contributed by atoms with Crippen molar-refractivity contribution in [2.45, 2.75) is 64.5 Å². The molecule has 0 aliphatic carbocycles. The molecule has 2 unspecified atom stereocenters. The lowest BCUT2D eigenvalue weighted by molar-refractivity contribution is 0.0371. The van der Waals surface area contributed by atoms with Gasteiger partial charge in [0.15, 0.2) is 0 Å². The summed E-state index contributed by atoms with van der Waals surface area (Å²) in [5.41, 5.74) is 3.19. The van der Waals surface area contributed by atoms with E-state index in [9.17, 15) is 5.11 Å². The quantitative estimate of drug-likeness (QED) is 0.873. The van der Waals surface area contributed by atoms with Crippen LogP contribution in [0.25, 0.3) is 0 Å². The highest BCUT2D eigenvalue weighted by molar-refractivity contribution is 5.29. The second-order valence-corrected chi connectivity index (χ2v) is 6.52. The molecule has 2 rings (SSSR count). The normalized spacial score (nSPS) is 23.1. The number of aryl methyl sites for hydroxylation is 2. The molecule has 0 aromatic heterocycles. The average Bonchev–Trinajstić information content (AvgIpc) is 2.27. The summed E-state index contributed by atoms with van der Waals surface area (Å²) in [4.78, 5) is 0. The molecule has 1 fully saturated rings. The summed E-state index contributed by atoms with van der Waals surface area (Å²) in [7, 11) is 0. The van der Waals surface area contributed by atoms with Crippen molar-refractivity contribution in [1.29, 1.82) is 0 Å². The van der Waals surface area contributed by atoms with Gasteiger partial charge < -0.3 is 10.4 Å². The number of hydrogen-bond acceptors (Lipinski definition) is 2. The van der Waals surface area contributed by atoms with Crippen molar-refractivity contribution in [3.63, 3.8) is 0 Å². The zero-order valence-corrected chi connectivity index (χ0v) is 12.5. The Morgan fingerprint density at radius 3 is 2.47 bits per heavy atom. The fourth-order valence-corrected chi connectivity index (χ4v) is 3.31. The molecule has 2 atom stereocenters. The molecule has 1 saturated heterocycles. The van der Waals surface area contributed by atoms with Crippen molar-refractivity contribution in [3.8, 4) is 0 Å². The maximum absolute atomic E-state index is 10.7. The van der Waals surface area contributed by atoms with E-state index in [2.05, 4.69) is 37.4 Å². The Bertz CT molecular complexity index is 399. The van der Waals surface area contributed by atoms with Crippen molar-refractivity contribution in [1.82, 2.24) is 5.32 Å². The lowest BCUT2D eigenvalue weighted by Gasteiger charge is -2.31. The van der Waals surface area contributed by atoms with E-state index in [0.29, 0.717) is 6.04 Å². The van der Waals surface area contributed by atoms with Gasteiger partial charge in [0.25, 0.3) is 0 Å². The molecule has 1 aliphatic heterocycles. The molecule has 0 spiro atoms. The molecule has 2 nitrogen and oxygen atoms in total. The lowest BCUT2D eigenvalue weighted by atomic mass is 9.86. The number of rotatable bonds is 4. The van der Waals surface area contributed by atoms with Gasteiger partial charge in [0, 0.05) is 12.5 Å². The third-order valence-electron chi connectivity index (χ3n) is 3.96. The first-order valence-corrected chi connectivity index (χ1v) is 7.48. The SMILES string of the molecule is Cc1cc(C)cc(CC(C)(O)CC2CCCCN2)c1. The Balaban J connectivity index is 1.98. The van der Waals surface area contributed by atoms with Crippen LogP contribution in [0.5, 0.6) is 0 Å². The predicted molar refractivity (Wildman–Crippen MR) is 80.5 cm³/mol. The zero-order chi connectivity index (χ0) is 13.9. The molecule has 1 aromatic carbocycles. The summed E-state index contributed by atoms with van der Waals surface area (Å²) in [6.45, 7) is 7.31. The van der Waals surface area contributed by atoms with E-state index >= 15 is 0 Å². The smallest absolute Gasteiger partial charge is 0.0674 e. The molecular weight excluding hydrogens is 234 g/mol. The van der Waals surface area contributed by atoms with Gasteiger partial charge in [0.2, 0.25) is 0 Å². The maximum Gasteiger partial charge on any atom is 0.0674 e. The summed E-state index contributed by atoms with van der Waals surface area (Å²) >= 11 is 0. The molecule has 1 aromatic rings. The highest BCUT2D eigenvalue weighted by Gasteiger charge is 2.26. The van der Waals surface area contributed by atoms with Crippen LogP contribution in [0.15, 0.2) is 18.2 Å². The molecule has 2 N–H and O–H groups in total. The summed E-state index contributed by atoms with van der Waals surface area (Å²) in [5, 5.41) is 14.2. The fourth-order valence-electron chi connectivity index (χ4n) is 3.31. The standard InChI is InChI=1S/C17H27NO/c1-13-8-14(2)10-15(9-13)11-17(3,19)12-16-6-4-5-7-18-16/h8-10,16,18-19H,4-7,11-12H2,1-3H3. The van der Waals surface area contributed by atoms with Crippen LogP contribution < -0.4 is 5.32 Å². The highest BCUT2D eigenvalue weighted by atomic mass is 16.3. The van der Waals surface area contributed by atoms with Crippen LogP contribution in [0, 0.1) is 13.8 Å². The molecule has 0 radical (unpaired) electrons. The largest absolute Gasteiger partial charge is 0.390 e. The van der Waals surface area contributed by atoms with Crippen LogP contribution in [-0.2, 0) is 6.42 Å². The Labute approximate surface area is 117 Å². The average molecular weight is 261 g/mol. The monoisotopic (exact) mass is 261 g/mol. The van der Waals surface area contributed by atoms with Gasteiger partial charge in [-0.1, -0.05) is 35.7 Å². The van der Waals surface area contributed by atoms with Gasteiger partial charge in [0.05, 0.1) is 5.60 Å². The zero-order valence-electron chi connectivity index (χ0n) is 12.5. The maximum atomic E-state index is 10.7. The number of nitrogens with one attached hydrogen (secondary N) is 1. The minimum absolute atomic E-state index is 0.481. The van der Waals surface area contributed by atoms with Crippen molar-refractivity contribution >= 4 is 0 Å². The molecule has 106 valence electrons. The van der Waals surface area contributed by atoms with Gasteiger partial charge in [-0.05, 0) is 52.1 Å². The molecule has 1 heterocycles. The van der Waals surface area contributed by atoms with Crippen LogP contribution in [0.2, 0.25) is 0 Å². The van der Waals surface area contributed by atoms with E-state index < -0.39 is 5.60 Å². The van der Waals surface area contributed by atoms with E-state index in [4.69, 9.17) is 0 Å². The molecule has 2 heteroatoms. The summed E-state index contributed by atoms with van der Waals surface area (Å²) in [6.07, 6.45) is 5.35. The van der Waals surface area contributed by atoms with Crippen molar-refractivity contribution in [3.05, 3.63) is 34.9 Å². The van der Waals surface area contributed by atoms with Gasteiger partial charge in [-0.2, -0.15) is 0 Å². The van der Waals surface area contributed by atoms with E-state index in [1.807, 2.05) is 6.92 Å². The summed E-state index contributed by atoms with van der Waals surface area (Å²) in [5.74, 6) is 0. The van der Waals surface area contributed by atoms with E-state index in [1.54, 1.807) is 0 Å². The first-order valence-electron chi connectivity index (χ1n) is 7.48. The van der Waals surface area contributed by atoms with Gasteiger partial charge in [-0.25, -0.2) is 0 Å². The van der Waals surface area contributed by atoms with Crippen LogP contribution in [0.4, 0.5) is 0 Å². The lowest BCUT2D eigenvalue weighted by Crippen LogP contribution is -2.41. The summed E-state index contributed by atoms with van der Waals surface area (Å²) in [6, 6.07) is 7.04. The van der Waals surface area contributed by atoms with E-state index in [1.165, 1.54) is 36.0 Å². The van der Waals surface area contributed by atoms with Crippen LogP contribution >= 0.6 is 0 Å². The minimum atomic E-state index is -0.616. The van der Waals surface area contributed by atoms with Gasteiger partial charge in [-0.3, -0.25) is 0 Å². The number of piperidine rings is 1. The first kappa shape index (κ1) is 14.5. The van der Waals surface area contributed by atoms with Crippen molar-refractivity contribution in [2.24, 2.45) is 0 Å². The third kappa shape index (κ3) is 4.63. The number of hydrogen-bond donors (Lipinski definition) is 2. The van der Waals surface area contributed by atoms with Gasteiger partial charge >= 0.3 is 0 Å². The Hall–Kier alpha value is -0.860. The highest BCUT2D eigenvalue weighted by Crippen LogP contribution is 2.23. The molecule has 19 heavy (non-hydrogen) atoms. The molecule has 1 aliphatic rings. The Morgan fingerprint density at radius 2 is 1.89 bits per heavy atom. The molecule has 0 bridgehead atoms. The van der Waals surface area contributed by atoms with E-state index in [0.717, 1.165) is 19.4 Å². The fraction of sp³-hybridized carbons (Fsp3) is 0.647. The second-order valence-electron chi connectivity index (χ2n) is 6.52. The van der Waals surface area contributed by atoms with Crippen LogP contribution in [0.1, 0.15) is 49.3 Å². The molecule has 0 saturated carbocycles. The van der Waals surface area contributed by atoms with E-state index in [-0.39, 0.29) is 0 Å². The van der Waals surface area contributed by atoms with Crippen molar-refractivity contribution < 1.29 is 5.11 Å². The topological polar surface area (TPSA) is 32.3 Å².